The van der Waals surface area contributed by atoms with Crippen LogP contribution in [0.5, 0.6) is 0 Å². The number of hydrogen-bond acceptors (Lipinski definition) is 1. The van der Waals surface area contributed by atoms with E-state index >= 15 is 0 Å². The highest BCUT2D eigenvalue weighted by Gasteiger charge is 2.41. The van der Waals surface area contributed by atoms with Crippen molar-refractivity contribution in [1.82, 2.24) is 5.32 Å². The standard InChI is InChI=1S/C17H23N/c1-11-7-8-12(2)16(9-11)13(3)18-17-10-14-5-4-6-15(14)17/h4,6-9,13-15,17-18H,5,10H2,1-3H3. The van der Waals surface area contributed by atoms with Crippen molar-refractivity contribution in [2.45, 2.75) is 45.7 Å². The largest absolute Gasteiger partial charge is 0.307 e. The minimum absolute atomic E-state index is 0.463. The topological polar surface area (TPSA) is 12.0 Å². The molecule has 1 aromatic rings. The van der Waals surface area contributed by atoms with Crippen molar-refractivity contribution in [3.8, 4) is 0 Å². The van der Waals surface area contributed by atoms with Gasteiger partial charge in [0.25, 0.3) is 0 Å². The molecule has 0 saturated heterocycles. The third kappa shape index (κ3) is 2.01. The average Bonchev–Trinajstić information content (AvgIpc) is 2.70. The van der Waals surface area contributed by atoms with E-state index in [1.54, 1.807) is 0 Å². The SMILES string of the molecule is Cc1ccc(C)c(C(C)NC2CC3CC=CC32)c1. The van der Waals surface area contributed by atoms with E-state index in [4.69, 9.17) is 0 Å². The quantitative estimate of drug-likeness (QED) is 0.791. The summed E-state index contributed by atoms with van der Waals surface area (Å²) in [7, 11) is 0. The molecule has 1 N–H and O–H groups in total. The van der Waals surface area contributed by atoms with Crippen LogP contribution in [0.1, 0.15) is 42.5 Å². The summed E-state index contributed by atoms with van der Waals surface area (Å²) >= 11 is 0. The van der Waals surface area contributed by atoms with Crippen LogP contribution in [0.4, 0.5) is 0 Å². The molecule has 2 aliphatic carbocycles. The van der Waals surface area contributed by atoms with E-state index in [9.17, 15) is 0 Å². The first-order valence-corrected chi connectivity index (χ1v) is 7.15. The van der Waals surface area contributed by atoms with Crippen molar-refractivity contribution in [2.75, 3.05) is 0 Å². The number of fused-ring (bicyclic) bond motifs is 1. The van der Waals surface area contributed by atoms with Crippen molar-refractivity contribution >= 4 is 0 Å². The fraction of sp³-hybridized carbons (Fsp3) is 0.529. The molecule has 0 amide bonds. The Labute approximate surface area is 110 Å². The van der Waals surface area contributed by atoms with Crippen LogP contribution in [-0.4, -0.2) is 6.04 Å². The van der Waals surface area contributed by atoms with Crippen LogP contribution in [0.2, 0.25) is 0 Å². The van der Waals surface area contributed by atoms with Crippen molar-refractivity contribution in [3.63, 3.8) is 0 Å². The van der Waals surface area contributed by atoms with Gasteiger partial charge in [-0.25, -0.2) is 0 Å². The molecule has 4 unspecified atom stereocenters. The number of hydrogen-bond donors (Lipinski definition) is 1. The molecule has 1 nitrogen and oxygen atoms in total. The lowest BCUT2D eigenvalue weighted by molar-refractivity contribution is 0.152. The van der Waals surface area contributed by atoms with Crippen LogP contribution < -0.4 is 5.32 Å². The van der Waals surface area contributed by atoms with Gasteiger partial charge in [-0.05, 0) is 56.6 Å². The van der Waals surface area contributed by atoms with E-state index in [2.05, 4.69) is 56.4 Å². The Morgan fingerprint density at radius 2 is 2.11 bits per heavy atom. The summed E-state index contributed by atoms with van der Waals surface area (Å²) in [5.41, 5.74) is 4.22. The maximum absolute atomic E-state index is 3.82. The van der Waals surface area contributed by atoms with E-state index in [0.717, 1.165) is 11.8 Å². The molecule has 0 aromatic heterocycles. The van der Waals surface area contributed by atoms with Gasteiger partial charge >= 0.3 is 0 Å². The highest BCUT2D eigenvalue weighted by Crippen LogP contribution is 2.43. The predicted octanol–water partition coefficient (Wildman–Crippen LogP) is 3.92. The highest BCUT2D eigenvalue weighted by molar-refractivity contribution is 5.33. The number of rotatable bonds is 3. The number of aryl methyl sites for hydroxylation is 2. The summed E-state index contributed by atoms with van der Waals surface area (Å²) < 4.78 is 0. The van der Waals surface area contributed by atoms with Gasteiger partial charge in [0.15, 0.2) is 0 Å². The van der Waals surface area contributed by atoms with E-state index < -0.39 is 0 Å². The molecule has 0 heterocycles. The van der Waals surface area contributed by atoms with Gasteiger partial charge in [-0.15, -0.1) is 0 Å². The summed E-state index contributed by atoms with van der Waals surface area (Å²) in [6.45, 7) is 6.69. The van der Waals surface area contributed by atoms with Gasteiger partial charge < -0.3 is 5.32 Å². The summed E-state index contributed by atoms with van der Waals surface area (Å²) in [4.78, 5) is 0. The third-order valence-electron chi connectivity index (χ3n) is 4.73. The van der Waals surface area contributed by atoms with Crippen molar-refractivity contribution in [3.05, 3.63) is 47.0 Å². The van der Waals surface area contributed by atoms with E-state index in [-0.39, 0.29) is 0 Å². The molecule has 0 spiro atoms. The molecule has 0 radical (unpaired) electrons. The Morgan fingerprint density at radius 3 is 2.89 bits per heavy atom. The van der Waals surface area contributed by atoms with Gasteiger partial charge in [0.2, 0.25) is 0 Å². The second-order valence-electron chi connectivity index (χ2n) is 6.09. The van der Waals surface area contributed by atoms with Gasteiger partial charge in [0.1, 0.15) is 0 Å². The molecule has 4 atom stereocenters. The van der Waals surface area contributed by atoms with E-state index in [0.29, 0.717) is 12.1 Å². The molecule has 0 bridgehead atoms. The molecule has 1 heteroatoms. The Hall–Kier alpha value is -1.08. The first-order valence-electron chi connectivity index (χ1n) is 7.15. The smallest absolute Gasteiger partial charge is 0.0297 e. The zero-order valence-electron chi connectivity index (χ0n) is 11.6. The lowest BCUT2D eigenvalue weighted by atomic mass is 9.71. The van der Waals surface area contributed by atoms with Gasteiger partial charge in [0, 0.05) is 12.1 Å². The van der Waals surface area contributed by atoms with Crippen LogP contribution in [0.15, 0.2) is 30.4 Å². The van der Waals surface area contributed by atoms with E-state index in [1.165, 1.54) is 29.5 Å². The third-order valence-corrected chi connectivity index (χ3v) is 4.73. The molecule has 96 valence electrons. The first-order chi connectivity index (χ1) is 8.65. The second kappa shape index (κ2) is 4.55. The van der Waals surface area contributed by atoms with Gasteiger partial charge in [-0.2, -0.15) is 0 Å². The molecule has 2 aliphatic rings. The zero-order chi connectivity index (χ0) is 12.7. The fourth-order valence-corrected chi connectivity index (χ4v) is 3.54. The minimum Gasteiger partial charge on any atom is -0.307 e. The number of nitrogens with one attached hydrogen (secondary N) is 1. The lowest BCUT2D eigenvalue weighted by Crippen LogP contribution is -2.48. The summed E-state index contributed by atoms with van der Waals surface area (Å²) in [6.07, 6.45) is 7.44. The predicted molar refractivity (Wildman–Crippen MR) is 76.6 cm³/mol. The van der Waals surface area contributed by atoms with Crippen LogP contribution >= 0.6 is 0 Å². The Bertz CT molecular complexity index is 474. The summed E-state index contributed by atoms with van der Waals surface area (Å²) in [6, 6.07) is 7.92. The summed E-state index contributed by atoms with van der Waals surface area (Å²) in [5, 5.41) is 3.82. The lowest BCUT2D eigenvalue weighted by Gasteiger charge is -2.42. The molecular weight excluding hydrogens is 218 g/mol. The van der Waals surface area contributed by atoms with Crippen LogP contribution in [0.3, 0.4) is 0 Å². The molecular formula is C17H23N. The second-order valence-corrected chi connectivity index (χ2v) is 6.09. The number of benzene rings is 1. The van der Waals surface area contributed by atoms with Crippen molar-refractivity contribution in [1.29, 1.82) is 0 Å². The molecule has 1 fully saturated rings. The highest BCUT2D eigenvalue weighted by atomic mass is 15.0. The normalized spacial score (nSPS) is 30.9. The van der Waals surface area contributed by atoms with Gasteiger partial charge in [-0.1, -0.05) is 35.9 Å². The average molecular weight is 241 g/mol. The Morgan fingerprint density at radius 1 is 1.28 bits per heavy atom. The Kier molecular flexibility index (Phi) is 3.03. The van der Waals surface area contributed by atoms with Crippen molar-refractivity contribution < 1.29 is 0 Å². The molecule has 18 heavy (non-hydrogen) atoms. The monoisotopic (exact) mass is 241 g/mol. The maximum atomic E-state index is 3.82. The van der Waals surface area contributed by atoms with Crippen LogP contribution in [0.25, 0.3) is 0 Å². The van der Waals surface area contributed by atoms with Crippen LogP contribution in [0, 0.1) is 25.7 Å². The summed E-state index contributed by atoms with van der Waals surface area (Å²) in [5.74, 6) is 1.74. The molecule has 3 rings (SSSR count). The maximum Gasteiger partial charge on any atom is 0.0297 e. The minimum atomic E-state index is 0.463. The fourth-order valence-electron chi connectivity index (χ4n) is 3.54. The molecule has 0 aliphatic heterocycles. The molecule has 1 aromatic carbocycles. The first kappa shape index (κ1) is 12.0. The zero-order valence-corrected chi connectivity index (χ0v) is 11.6. The van der Waals surface area contributed by atoms with Crippen molar-refractivity contribution in [2.24, 2.45) is 11.8 Å². The van der Waals surface area contributed by atoms with Crippen LogP contribution in [-0.2, 0) is 0 Å². The number of allylic oxidation sites excluding steroid dienone is 1. The molecule has 1 saturated carbocycles. The van der Waals surface area contributed by atoms with Gasteiger partial charge in [0.05, 0.1) is 0 Å². The Balaban J connectivity index is 1.69. The van der Waals surface area contributed by atoms with E-state index in [1.807, 2.05) is 0 Å². The van der Waals surface area contributed by atoms with Gasteiger partial charge in [-0.3, -0.25) is 0 Å².